The Bertz CT molecular complexity index is 635. The number of piperidine rings is 1. The minimum absolute atomic E-state index is 0.0306. The fraction of sp³-hybridized carbons (Fsp3) is 0.895. The van der Waals surface area contributed by atoms with Gasteiger partial charge in [-0.15, -0.1) is 0 Å². The molecule has 27 heavy (non-hydrogen) atoms. The van der Waals surface area contributed by atoms with E-state index in [1.165, 1.54) is 31.9 Å². The number of nitrogens with zero attached hydrogens (tertiary/aromatic N) is 2. The first-order valence-electron chi connectivity index (χ1n) is 10.3. The first-order chi connectivity index (χ1) is 12.8. The topological polar surface area (TPSA) is 86.8 Å². The second-order valence-electron chi connectivity index (χ2n) is 8.56. The van der Waals surface area contributed by atoms with E-state index in [1.807, 2.05) is 9.80 Å². The van der Waals surface area contributed by atoms with Crippen LogP contribution < -0.4 is 5.32 Å². The molecule has 7 nitrogen and oxygen atoms in total. The fourth-order valence-corrected chi connectivity index (χ4v) is 5.85. The molecule has 1 unspecified atom stereocenters. The van der Waals surface area contributed by atoms with Crippen molar-refractivity contribution in [3.05, 3.63) is 0 Å². The van der Waals surface area contributed by atoms with Gasteiger partial charge >= 0.3 is 6.03 Å². The smallest absolute Gasteiger partial charge is 0.317 e. The van der Waals surface area contributed by atoms with E-state index in [9.17, 15) is 18.0 Å². The van der Waals surface area contributed by atoms with Crippen LogP contribution in [0.1, 0.15) is 57.8 Å². The number of hydrogen-bond donors (Lipinski definition) is 1. The number of urea groups is 1. The van der Waals surface area contributed by atoms with Crippen LogP contribution in [0.5, 0.6) is 0 Å². The van der Waals surface area contributed by atoms with Crippen LogP contribution in [-0.2, 0) is 14.6 Å². The largest absolute Gasteiger partial charge is 0.339 e. The van der Waals surface area contributed by atoms with Crippen molar-refractivity contribution in [3.8, 4) is 0 Å². The SMILES string of the molecule is CS(=O)(=O)CC1CC(=O)N(C2CCN(C(=O)NC3CCCCCC3)CC2)C1. The van der Waals surface area contributed by atoms with Gasteiger partial charge in [0.05, 0.1) is 5.75 Å². The molecule has 2 heterocycles. The van der Waals surface area contributed by atoms with E-state index in [1.54, 1.807) is 0 Å². The quantitative estimate of drug-likeness (QED) is 0.730. The maximum absolute atomic E-state index is 12.5. The number of nitrogens with one attached hydrogen (secondary N) is 1. The molecule has 0 radical (unpaired) electrons. The molecule has 3 fully saturated rings. The molecular formula is C19H33N3O4S. The van der Waals surface area contributed by atoms with Gasteiger partial charge in [0.2, 0.25) is 5.91 Å². The van der Waals surface area contributed by atoms with E-state index in [2.05, 4.69) is 5.32 Å². The van der Waals surface area contributed by atoms with Crippen LogP contribution in [0, 0.1) is 5.92 Å². The first kappa shape index (κ1) is 20.4. The Balaban J connectivity index is 1.45. The summed E-state index contributed by atoms with van der Waals surface area (Å²) in [5.74, 6) is 0.0480. The molecule has 1 N–H and O–H groups in total. The Hall–Kier alpha value is -1.31. The normalized spacial score (nSPS) is 26.3. The highest BCUT2D eigenvalue weighted by Crippen LogP contribution is 2.26. The minimum atomic E-state index is -3.06. The molecule has 8 heteroatoms. The van der Waals surface area contributed by atoms with Crippen LogP contribution in [0.3, 0.4) is 0 Å². The highest BCUT2D eigenvalue weighted by Gasteiger charge is 2.37. The number of sulfone groups is 1. The van der Waals surface area contributed by atoms with Gasteiger partial charge in [0.1, 0.15) is 9.84 Å². The molecule has 1 aliphatic carbocycles. The summed E-state index contributed by atoms with van der Waals surface area (Å²) in [6.45, 7) is 1.85. The lowest BCUT2D eigenvalue weighted by atomic mass is 10.0. The molecule has 0 bridgehead atoms. The van der Waals surface area contributed by atoms with E-state index in [4.69, 9.17) is 0 Å². The van der Waals surface area contributed by atoms with Crippen LogP contribution in [0.15, 0.2) is 0 Å². The van der Waals surface area contributed by atoms with Gasteiger partial charge in [-0.3, -0.25) is 4.79 Å². The van der Waals surface area contributed by atoms with E-state index in [0.29, 0.717) is 32.1 Å². The Morgan fingerprint density at radius 2 is 1.70 bits per heavy atom. The lowest BCUT2D eigenvalue weighted by molar-refractivity contribution is -0.130. The zero-order chi connectivity index (χ0) is 19.4. The lowest BCUT2D eigenvalue weighted by Crippen LogP contribution is -2.51. The third kappa shape index (κ3) is 5.83. The predicted molar refractivity (Wildman–Crippen MR) is 104 cm³/mol. The van der Waals surface area contributed by atoms with Crippen molar-refractivity contribution in [2.24, 2.45) is 5.92 Å². The first-order valence-corrected chi connectivity index (χ1v) is 12.4. The number of carbonyl (C=O) groups excluding carboxylic acids is 2. The van der Waals surface area contributed by atoms with E-state index < -0.39 is 9.84 Å². The van der Waals surface area contributed by atoms with Crippen molar-refractivity contribution >= 4 is 21.8 Å². The molecule has 3 rings (SSSR count). The van der Waals surface area contributed by atoms with Crippen LogP contribution in [0.25, 0.3) is 0 Å². The van der Waals surface area contributed by atoms with Crippen LogP contribution >= 0.6 is 0 Å². The molecular weight excluding hydrogens is 366 g/mol. The third-order valence-corrected chi connectivity index (χ3v) is 7.23. The summed E-state index contributed by atoms with van der Waals surface area (Å²) >= 11 is 0. The zero-order valence-corrected chi connectivity index (χ0v) is 17.2. The summed E-state index contributed by atoms with van der Waals surface area (Å²) in [6.07, 6.45) is 10.2. The van der Waals surface area contributed by atoms with Crippen molar-refractivity contribution in [3.63, 3.8) is 0 Å². The number of carbonyl (C=O) groups is 2. The van der Waals surface area contributed by atoms with Crippen molar-refractivity contribution < 1.29 is 18.0 Å². The average molecular weight is 400 g/mol. The molecule has 0 aromatic rings. The molecule has 0 aromatic carbocycles. The van der Waals surface area contributed by atoms with Gasteiger partial charge in [-0.2, -0.15) is 0 Å². The monoisotopic (exact) mass is 399 g/mol. The molecule has 0 aromatic heterocycles. The summed E-state index contributed by atoms with van der Waals surface area (Å²) in [7, 11) is -3.06. The summed E-state index contributed by atoms with van der Waals surface area (Å²) < 4.78 is 23.0. The average Bonchev–Trinajstić information content (AvgIpc) is 2.80. The summed E-state index contributed by atoms with van der Waals surface area (Å²) in [5, 5.41) is 3.19. The summed E-state index contributed by atoms with van der Waals surface area (Å²) in [5.41, 5.74) is 0. The highest BCUT2D eigenvalue weighted by molar-refractivity contribution is 7.90. The second-order valence-corrected chi connectivity index (χ2v) is 10.7. The van der Waals surface area contributed by atoms with Gasteiger partial charge in [0, 0.05) is 44.4 Å². The van der Waals surface area contributed by atoms with E-state index in [-0.39, 0.29) is 29.7 Å². The van der Waals surface area contributed by atoms with Gasteiger partial charge in [-0.25, -0.2) is 13.2 Å². The Labute approximate surface area is 162 Å². The second kappa shape index (κ2) is 8.80. The highest BCUT2D eigenvalue weighted by atomic mass is 32.2. The summed E-state index contributed by atoms with van der Waals surface area (Å²) in [4.78, 5) is 28.6. The van der Waals surface area contributed by atoms with Crippen LogP contribution in [0.4, 0.5) is 4.79 Å². The zero-order valence-electron chi connectivity index (χ0n) is 16.4. The minimum Gasteiger partial charge on any atom is -0.339 e. The standard InChI is InChI=1S/C19H33N3O4S/c1-27(25,26)14-15-12-18(23)22(13-15)17-8-10-21(11-9-17)19(24)20-16-6-4-2-3-5-7-16/h15-17H,2-14H2,1H3,(H,20,24). The summed E-state index contributed by atoms with van der Waals surface area (Å²) in [6, 6.07) is 0.460. The van der Waals surface area contributed by atoms with Crippen LogP contribution in [0.2, 0.25) is 0 Å². The Kier molecular flexibility index (Phi) is 6.65. The number of hydrogen-bond acceptors (Lipinski definition) is 4. The van der Waals surface area contributed by atoms with Gasteiger partial charge in [-0.05, 0) is 31.6 Å². The number of amides is 3. The maximum atomic E-state index is 12.5. The number of rotatable bonds is 4. The van der Waals surface area contributed by atoms with Crippen LogP contribution in [-0.4, -0.2) is 73.9 Å². The van der Waals surface area contributed by atoms with E-state index in [0.717, 1.165) is 25.7 Å². The Morgan fingerprint density at radius 3 is 2.30 bits per heavy atom. The third-order valence-electron chi connectivity index (χ3n) is 6.15. The Morgan fingerprint density at radius 1 is 1.07 bits per heavy atom. The van der Waals surface area contributed by atoms with Gasteiger partial charge in [-0.1, -0.05) is 25.7 Å². The van der Waals surface area contributed by atoms with Gasteiger partial charge in [0.15, 0.2) is 0 Å². The molecule has 154 valence electrons. The lowest BCUT2D eigenvalue weighted by Gasteiger charge is -2.37. The van der Waals surface area contributed by atoms with E-state index >= 15 is 0 Å². The van der Waals surface area contributed by atoms with Gasteiger partial charge in [0.25, 0.3) is 0 Å². The maximum Gasteiger partial charge on any atom is 0.317 e. The van der Waals surface area contributed by atoms with Crippen molar-refractivity contribution in [1.29, 1.82) is 0 Å². The molecule has 1 atom stereocenters. The van der Waals surface area contributed by atoms with Crippen molar-refractivity contribution in [2.45, 2.75) is 69.9 Å². The fourth-order valence-electron chi connectivity index (χ4n) is 4.77. The number of likely N-dealkylation sites (tertiary alicyclic amines) is 2. The van der Waals surface area contributed by atoms with Crippen molar-refractivity contribution in [2.75, 3.05) is 31.6 Å². The van der Waals surface area contributed by atoms with Crippen molar-refractivity contribution in [1.82, 2.24) is 15.1 Å². The molecule has 3 amide bonds. The molecule has 1 saturated carbocycles. The molecule has 3 aliphatic rings. The predicted octanol–water partition coefficient (Wildman–Crippen LogP) is 1.78. The van der Waals surface area contributed by atoms with Gasteiger partial charge < -0.3 is 15.1 Å². The molecule has 2 aliphatic heterocycles. The molecule has 0 spiro atoms. The molecule has 2 saturated heterocycles.